The minimum Gasteiger partial charge on any atom is -0.494 e. The lowest BCUT2D eigenvalue weighted by Gasteiger charge is -2.18. The summed E-state index contributed by atoms with van der Waals surface area (Å²) >= 11 is 0. The summed E-state index contributed by atoms with van der Waals surface area (Å²) in [5.41, 5.74) is 6.27. The number of halogens is 1. The lowest BCUT2D eigenvalue weighted by Crippen LogP contribution is -2.40. The maximum atomic E-state index is 13.2. The van der Waals surface area contributed by atoms with Gasteiger partial charge >= 0.3 is 0 Å². The van der Waals surface area contributed by atoms with Gasteiger partial charge in [-0.05, 0) is 18.1 Å². The number of ether oxygens (including phenoxy) is 1. The molecular weight excluding hydrogens is 235 g/mol. The van der Waals surface area contributed by atoms with E-state index in [9.17, 15) is 9.18 Å². The van der Waals surface area contributed by atoms with Gasteiger partial charge in [0.1, 0.15) is 0 Å². The van der Waals surface area contributed by atoms with Crippen molar-refractivity contribution >= 4 is 11.6 Å². The second-order valence-corrected chi connectivity index (χ2v) is 4.25. The molecule has 0 bridgehead atoms. The number of benzene rings is 1. The van der Waals surface area contributed by atoms with Crippen LogP contribution in [-0.4, -0.2) is 19.1 Å². The molecule has 0 fully saturated rings. The van der Waals surface area contributed by atoms with E-state index in [2.05, 4.69) is 5.32 Å². The number of carbonyl (C=O) groups excluding carboxylic acids is 1. The monoisotopic (exact) mass is 254 g/mol. The van der Waals surface area contributed by atoms with Gasteiger partial charge in [0.25, 0.3) is 0 Å². The zero-order valence-electron chi connectivity index (χ0n) is 10.9. The fourth-order valence-corrected chi connectivity index (χ4v) is 1.48. The molecule has 2 unspecified atom stereocenters. The van der Waals surface area contributed by atoms with Crippen molar-refractivity contribution in [3.63, 3.8) is 0 Å². The van der Waals surface area contributed by atoms with E-state index in [-0.39, 0.29) is 17.6 Å². The molecule has 0 aromatic heterocycles. The van der Waals surface area contributed by atoms with Crippen molar-refractivity contribution in [2.75, 3.05) is 12.4 Å². The quantitative estimate of drug-likeness (QED) is 0.846. The highest BCUT2D eigenvalue weighted by Crippen LogP contribution is 2.21. The lowest BCUT2D eigenvalue weighted by atomic mass is 9.99. The molecule has 0 aliphatic rings. The topological polar surface area (TPSA) is 64.4 Å². The Balaban J connectivity index is 2.76. The fraction of sp³-hybridized carbons (Fsp3) is 0.462. The molecule has 3 N–H and O–H groups in total. The number of nitrogens with two attached hydrogens (primary N) is 1. The molecule has 0 saturated heterocycles. The van der Waals surface area contributed by atoms with Crippen LogP contribution in [0, 0.1) is 11.7 Å². The van der Waals surface area contributed by atoms with E-state index in [0.29, 0.717) is 5.69 Å². The van der Waals surface area contributed by atoms with Gasteiger partial charge in [-0.1, -0.05) is 20.3 Å². The predicted octanol–water partition coefficient (Wildman–Crippen LogP) is 2.15. The molecule has 1 rings (SSSR count). The molecule has 5 heteroatoms. The Labute approximate surface area is 106 Å². The van der Waals surface area contributed by atoms with Crippen molar-refractivity contribution in [3.8, 4) is 5.75 Å². The molecule has 0 radical (unpaired) electrons. The molecule has 1 aromatic carbocycles. The predicted molar refractivity (Wildman–Crippen MR) is 69.0 cm³/mol. The first-order valence-electron chi connectivity index (χ1n) is 5.89. The summed E-state index contributed by atoms with van der Waals surface area (Å²) < 4.78 is 18.0. The van der Waals surface area contributed by atoms with Crippen LogP contribution in [0.2, 0.25) is 0 Å². The van der Waals surface area contributed by atoms with Crippen molar-refractivity contribution in [2.45, 2.75) is 26.3 Å². The minimum absolute atomic E-state index is 0.0879. The standard InChI is InChI=1S/C13H19FN2O2/c1-4-8(2)12(15)13(17)16-9-5-6-10(14)11(7-9)18-3/h5-8,12H,4,15H2,1-3H3,(H,16,17). The Kier molecular flexibility index (Phi) is 5.09. The van der Waals surface area contributed by atoms with Crippen LogP contribution >= 0.6 is 0 Å². The van der Waals surface area contributed by atoms with E-state index in [4.69, 9.17) is 10.5 Å². The highest BCUT2D eigenvalue weighted by Gasteiger charge is 2.19. The second-order valence-electron chi connectivity index (χ2n) is 4.25. The fourth-order valence-electron chi connectivity index (χ4n) is 1.48. The van der Waals surface area contributed by atoms with Crippen molar-refractivity contribution < 1.29 is 13.9 Å². The first-order valence-corrected chi connectivity index (χ1v) is 5.89. The van der Waals surface area contributed by atoms with Crippen molar-refractivity contribution in [3.05, 3.63) is 24.0 Å². The maximum absolute atomic E-state index is 13.2. The molecule has 1 aromatic rings. The van der Waals surface area contributed by atoms with Gasteiger partial charge in [0.15, 0.2) is 11.6 Å². The molecule has 0 spiro atoms. The average Bonchev–Trinajstić information content (AvgIpc) is 2.38. The van der Waals surface area contributed by atoms with E-state index < -0.39 is 11.9 Å². The summed E-state index contributed by atoms with van der Waals surface area (Å²) in [6, 6.07) is 3.56. The number of methoxy groups -OCH3 is 1. The number of rotatable bonds is 5. The van der Waals surface area contributed by atoms with Crippen molar-refractivity contribution in [2.24, 2.45) is 11.7 Å². The summed E-state index contributed by atoms with van der Waals surface area (Å²) in [6.07, 6.45) is 0.821. The molecule has 2 atom stereocenters. The minimum atomic E-state index is -0.578. The molecule has 0 aliphatic carbocycles. The molecular formula is C13H19FN2O2. The summed E-state index contributed by atoms with van der Waals surface area (Å²) in [6.45, 7) is 3.88. The average molecular weight is 254 g/mol. The maximum Gasteiger partial charge on any atom is 0.241 e. The summed E-state index contributed by atoms with van der Waals surface area (Å²) in [4.78, 5) is 11.8. The zero-order chi connectivity index (χ0) is 13.7. The lowest BCUT2D eigenvalue weighted by molar-refractivity contribution is -0.118. The second kappa shape index (κ2) is 6.35. The normalized spacial score (nSPS) is 13.8. The first kappa shape index (κ1) is 14.4. The number of hydrogen-bond acceptors (Lipinski definition) is 3. The van der Waals surface area contributed by atoms with Gasteiger partial charge < -0.3 is 15.8 Å². The first-order chi connectivity index (χ1) is 8.49. The molecule has 0 heterocycles. The van der Waals surface area contributed by atoms with Crippen LogP contribution in [0.15, 0.2) is 18.2 Å². The third kappa shape index (κ3) is 3.43. The molecule has 100 valence electrons. The Morgan fingerprint density at radius 3 is 2.78 bits per heavy atom. The van der Waals surface area contributed by atoms with Gasteiger partial charge in [0, 0.05) is 11.8 Å². The van der Waals surface area contributed by atoms with Crippen LogP contribution < -0.4 is 15.8 Å². The largest absolute Gasteiger partial charge is 0.494 e. The van der Waals surface area contributed by atoms with Gasteiger partial charge in [0.05, 0.1) is 13.2 Å². The van der Waals surface area contributed by atoms with Crippen LogP contribution in [0.3, 0.4) is 0 Å². The summed E-state index contributed by atoms with van der Waals surface area (Å²) in [5.74, 6) is -0.572. The smallest absolute Gasteiger partial charge is 0.241 e. The number of anilines is 1. The third-order valence-corrected chi connectivity index (χ3v) is 2.98. The van der Waals surface area contributed by atoms with Gasteiger partial charge in [-0.15, -0.1) is 0 Å². The van der Waals surface area contributed by atoms with Crippen LogP contribution in [0.5, 0.6) is 5.75 Å². The van der Waals surface area contributed by atoms with Crippen molar-refractivity contribution in [1.29, 1.82) is 0 Å². The molecule has 18 heavy (non-hydrogen) atoms. The molecule has 0 saturated carbocycles. The zero-order valence-corrected chi connectivity index (χ0v) is 10.9. The van der Waals surface area contributed by atoms with E-state index in [1.54, 1.807) is 0 Å². The van der Waals surface area contributed by atoms with Gasteiger partial charge in [-0.2, -0.15) is 0 Å². The van der Waals surface area contributed by atoms with Crippen LogP contribution in [0.25, 0.3) is 0 Å². The number of carbonyl (C=O) groups is 1. The Bertz CT molecular complexity index is 423. The van der Waals surface area contributed by atoms with E-state index >= 15 is 0 Å². The molecule has 0 aliphatic heterocycles. The van der Waals surface area contributed by atoms with Crippen LogP contribution in [0.4, 0.5) is 10.1 Å². The third-order valence-electron chi connectivity index (χ3n) is 2.98. The highest BCUT2D eigenvalue weighted by atomic mass is 19.1. The van der Waals surface area contributed by atoms with E-state index in [1.165, 1.54) is 25.3 Å². The van der Waals surface area contributed by atoms with Gasteiger partial charge in [-0.25, -0.2) is 4.39 Å². The summed E-state index contributed by atoms with van der Waals surface area (Å²) in [5, 5.41) is 2.65. The highest BCUT2D eigenvalue weighted by molar-refractivity contribution is 5.95. The Hall–Kier alpha value is -1.62. The molecule has 1 amide bonds. The SMILES string of the molecule is CCC(C)C(N)C(=O)Nc1ccc(F)c(OC)c1. The van der Waals surface area contributed by atoms with Gasteiger partial charge in [0.2, 0.25) is 5.91 Å². The van der Waals surface area contributed by atoms with Crippen LogP contribution in [-0.2, 0) is 4.79 Å². The van der Waals surface area contributed by atoms with E-state index in [0.717, 1.165) is 6.42 Å². The summed E-state index contributed by atoms with van der Waals surface area (Å²) in [7, 11) is 1.37. The van der Waals surface area contributed by atoms with Crippen molar-refractivity contribution in [1.82, 2.24) is 0 Å². The van der Waals surface area contributed by atoms with E-state index in [1.807, 2.05) is 13.8 Å². The number of nitrogens with one attached hydrogen (secondary N) is 1. The number of hydrogen-bond donors (Lipinski definition) is 2. The van der Waals surface area contributed by atoms with Crippen LogP contribution in [0.1, 0.15) is 20.3 Å². The Morgan fingerprint density at radius 2 is 2.22 bits per heavy atom. The molecule has 4 nitrogen and oxygen atoms in total. The van der Waals surface area contributed by atoms with Gasteiger partial charge in [-0.3, -0.25) is 4.79 Å². The Morgan fingerprint density at radius 1 is 1.56 bits per heavy atom. The number of amides is 1.